The number of thiazole rings is 1. The number of fused-ring (bicyclic) bond motifs is 1. The molecule has 0 aliphatic carbocycles. The van der Waals surface area contributed by atoms with Gasteiger partial charge in [0.05, 0.1) is 23.2 Å². The Labute approximate surface area is 123 Å². The third kappa shape index (κ3) is 2.21. The lowest BCUT2D eigenvalue weighted by Gasteiger charge is -2.08. The van der Waals surface area contributed by atoms with Gasteiger partial charge in [-0.05, 0) is 19.1 Å². The molecule has 0 spiro atoms. The molecular formula is C14H10N2O4S. The first-order valence-electron chi connectivity index (χ1n) is 6.13. The van der Waals surface area contributed by atoms with Crippen molar-refractivity contribution in [3.05, 3.63) is 46.0 Å². The molecule has 2 aromatic rings. The monoisotopic (exact) mass is 302 g/mol. The fourth-order valence-electron chi connectivity index (χ4n) is 2.16. The van der Waals surface area contributed by atoms with Crippen molar-refractivity contribution in [2.24, 2.45) is 0 Å². The van der Waals surface area contributed by atoms with Crippen molar-refractivity contribution in [2.45, 2.75) is 13.3 Å². The number of aromatic nitrogens is 1. The van der Waals surface area contributed by atoms with Gasteiger partial charge in [-0.2, -0.15) is 0 Å². The average Bonchev–Trinajstić information content (AvgIpc) is 2.94. The van der Waals surface area contributed by atoms with Gasteiger partial charge in [-0.15, -0.1) is 11.3 Å². The summed E-state index contributed by atoms with van der Waals surface area (Å²) in [7, 11) is 0. The number of nitrogens with zero attached hydrogens (tertiary/aromatic N) is 2. The molecule has 0 fully saturated rings. The van der Waals surface area contributed by atoms with Gasteiger partial charge in [0.1, 0.15) is 0 Å². The Bertz CT molecular complexity index is 781. The van der Waals surface area contributed by atoms with Crippen LogP contribution >= 0.6 is 11.3 Å². The van der Waals surface area contributed by atoms with E-state index in [1.54, 1.807) is 18.2 Å². The highest BCUT2D eigenvalue weighted by molar-refractivity contribution is 7.14. The van der Waals surface area contributed by atoms with Crippen LogP contribution in [0.15, 0.2) is 23.6 Å². The van der Waals surface area contributed by atoms with E-state index in [4.69, 9.17) is 5.11 Å². The molecule has 0 saturated heterocycles. The van der Waals surface area contributed by atoms with Gasteiger partial charge in [0.2, 0.25) is 0 Å². The van der Waals surface area contributed by atoms with Gasteiger partial charge in [0.15, 0.2) is 5.13 Å². The van der Waals surface area contributed by atoms with E-state index >= 15 is 0 Å². The molecule has 1 aliphatic heterocycles. The van der Waals surface area contributed by atoms with Crippen LogP contribution < -0.4 is 4.90 Å². The largest absolute Gasteiger partial charge is 0.481 e. The third-order valence-corrected chi connectivity index (χ3v) is 3.98. The number of aryl methyl sites for hydroxylation is 1. The van der Waals surface area contributed by atoms with Crippen LogP contribution in [0.4, 0.5) is 5.13 Å². The molecule has 21 heavy (non-hydrogen) atoms. The second-order valence-electron chi connectivity index (χ2n) is 4.69. The molecule has 1 aromatic heterocycles. The van der Waals surface area contributed by atoms with Gasteiger partial charge in [0, 0.05) is 5.38 Å². The Kier molecular flexibility index (Phi) is 3.06. The minimum atomic E-state index is -1.01. The summed E-state index contributed by atoms with van der Waals surface area (Å²) in [4.78, 5) is 40.4. The molecule has 0 unspecified atom stereocenters. The zero-order chi connectivity index (χ0) is 15.1. The van der Waals surface area contributed by atoms with Crippen molar-refractivity contribution in [1.29, 1.82) is 0 Å². The van der Waals surface area contributed by atoms with Crippen LogP contribution in [0, 0.1) is 6.92 Å². The predicted molar refractivity (Wildman–Crippen MR) is 75.8 cm³/mol. The van der Waals surface area contributed by atoms with Crippen LogP contribution in [0.25, 0.3) is 0 Å². The lowest BCUT2D eigenvalue weighted by atomic mass is 10.1. The Hall–Kier alpha value is -2.54. The van der Waals surface area contributed by atoms with Crippen LogP contribution in [-0.4, -0.2) is 27.9 Å². The number of aliphatic carboxylic acids is 1. The van der Waals surface area contributed by atoms with E-state index in [0.29, 0.717) is 16.8 Å². The lowest BCUT2D eigenvalue weighted by Crippen LogP contribution is -2.29. The number of carboxylic acids is 1. The summed E-state index contributed by atoms with van der Waals surface area (Å²) < 4.78 is 0. The molecule has 0 atom stereocenters. The first-order chi connectivity index (χ1) is 9.97. The first-order valence-corrected chi connectivity index (χ1v) is 7.01. The topological polar surface area (TPSA) is 87.6 Å². The van der Waals surface area contributed by atoms with E-state index < -0.39 is 17.8 Å². The quantitative estimate of drug-likeness (QED) is 0.875. The maximum atomic E-state index is 12.3. The first kappa shape index (κ1) is 13.4. The number of carbonyl (C=O) groups excluding carboxylic acids is 2. The minimum absolute atomic E-state index is 0.204. The summed E-state index contributed by atoms with van der Waals surface area (Å²) in [6.45, 7) is 1.84. The highest BCUT2D eigenvalue weighted by atomic mass is 32.1. The molecule has 0 radical (unpaired) electrons. The number of amides is 2. The number of carbonyl (C=O) groups is 3. The number of rotatable bonds is 3. The minimum Gasteiger partial charge on any atom is -0.481 e. The van der Waals surface area contributed by atoms with Gasteiger partial charge < -0.3 is 5.11 Å². The summed E-state index contributed by atoms with van der Waals surface area (Å²) >= 11 is 1.08. The van der Waals surface area contributed by atoms with Crippen molar-refractivity contribution >= 4 is 34.3 Å². The highest BCUT2D eigenvalue weighted by Crippen LogP contribution is 2.31. The second-order valence-corrected chi connectivity index (χ2v) is 5.52. The van der Waals surface area contributed by atoms with Crippen molar-refractivity contribution < 1.29 is 19.5 Å². The van der Waals surface area contributed by atoms with E-state index in [9.17, 15) is 14.4 Å². The number of hydrogen-bond acceptors (Lipinski definition) is 5. The molecule has 0 saturated carbocycles. The maximum Gasteiger partial charge on any atom is 0.309 e. The number of anilines is 1. The van der Waals surface area contributed by atoms with Gasteiger partial charge in [-0.25, -0.2) is 9.88 Å². The molecule has 2 heterocycles. The van der Waals surface area contributed by atoms with Crippen molar-refractivity contribution in [3.8, 4) is 0 Å². The van der Waals surface area contributed by atoms with Gasteiger partial charge >= 0.3 is 5.97 Å². The molecule has 0 bridgehead atoms. The van der Waals surface area contributed by atoms with Crippen LogP contribution in [-0.2, 0) is 11.2 Å². The van der Waals surface area contributed by atoms with Crippen molar-refractivity contribution in [1.82, 2.24) is 4.98 Å². The standard InChI is InChI=1S/C14H10N2O4S/c1-7-2-3-9-10(4-7)13(20)16(12(9)19)14-15-8(6-21-14)5-11(17)18/h2-4,6H,5H2,1H3,(H,17,18). The molecule has 1 aromatic carbocycles. The molecule has 6 nitrogen and oxygen atoms in total. The van der Waals surface area contributed by atoms with Gasteiger partial charge in [-0.3, -0.25) is 14.4 Å². The molecule has 3 rings (SSSR count). The van der Waals surface area contributed by atoms with Crippen LogP contribution in [0.2, 0.25) is 0 Å². The summed E-state index contributed by atoms with van der Waals surface area (Å²) in [5.41, 5.74) is 1.92. The predicted octanol–water partition coefficient (Wildman–Crippen LogP) is 1.88. The summed E-state index contributed by atoms with van der Waals surface area (Å²) in [5.74, 6) is -1.86. The Balaban J connectivity index is 1.98. The summed E-state index contributed by atoms with van der Waals surface area (Å²) in [6, 6.07) is 5.06. The SMILES string of the molecule is Cc1ccc2c(c1)C(=O)N(c1nc(CC(=O)O)cs1)C2=O. The summed E-state index contributed by atoms with van der Waals surface area (Å²) in [5, 5.41) is 10.5. The third-order valence-electron chi connectivity index (χ3n) is 3.11. The maximum absolute atomic E-state index is 12.3. The number of imide groups is 1. The van der Waals surface area contributed by atoms with Crippen molar-refractivity contribution in [3.63, 3.8) is 0 Å². The Morgan fingerprint density at radius 2 is 2.00 bits per heavy atom. The fourth-order valence-corrected chi connectivity index (χ4v) is 2.98. The van der Waals surface area contributed by atoms with E-state index in [1.165, 1.54) is 5.38 Å². The Morgan fingerprint density at radius 1 is 1.29 bits per heavy atom. The molecule has 106 valence electrons. The molecule has 1 N–H and O–H groups in total. The molecule has 2 amide bonds. The smallest absolute Gasteiger partial charge is 0.309 e. The zero-order valence-electron chi connectivity index (χ0n) is 11.0. The molecular weight excluding hydrogens is 292 g/mol. The fraction of sp³-hybridized carbons (Fsp3) is 0.143. The van der Waals surface area contributed by atoms with Crippen LogP contribution in [0.1, 0.15) is 32.0 Å². The average molecular weight is 302 g/mol. The van der Waals surface area contributed by atoms with E-state index in [2.05, 4.69) is 4.98 Å². The molecule has 1 aliphatic rings. The normalized spacial score (nSPS) is 13.7. The van der Waals surface area contributed by atoms with E-state index in [0.717, 1.165) is 21.8 Å². The van der Waals surface area contributed by atoms with Gasteiger partial charge in [0.25, 0.3) is 11.8 Å². The number of carboxylic acid groups (broad SMARTS) is 1. The lowest BCUT2D eigenvalue weighted by molar-refractivity contribution is -0.136. The van der Waals surface area contributed by atoms with Crippen molar-refractivity contribution in [2.75, 3.05) is 4.90 Å². The van der Waals surface area contributed by atoms with Crippen LogP contribution in [0.3, 0.4) is 0 Å². The van der Waals surface area contributed by atoms with E-state index in [1.807, 2.05) is 6.92 Å². The number of benzene rings is 1. The van der Waals surface area contributed by atoms with E-state index in [-0.39, 0.29) is 11.6 Å². The van der Waals surface area contributed by atoms with Gasteiger partial charge in [-0.1, -0.05) is 11.6 Å². The summed E-state index contributed by atoms with van der Waals surface area (Å²) in [6.07, 6.45) is -0.237. The highest BCUT2D eigenvalue weighted by Gasteiger charge is 2.38. The molecule has 7 heteroatoms. The second kappa shape index (κ2) is 4.78. The Morgan fingerprint density at radius 3 is 2.71 bits per heavy atom. The number of hydrogen-bond donors (Lipinski definition) is 1. The zero-order valence-corrected chi connectivity index (χ0v) is 11.8. The van der Waals surface area contributed by atoms with Crippen LogP contribution in [0.5, 0.6) is 0 Å².